The SMILES string of the molecule is Cc1nn(-c2ccnc(Cc3cccc(C(F)(F)F)c3)c2)c2c1CNCC2. The molecule has 4 nitrogen and oxygen atoms in total. The number of hydrogen-bond acceptors (Lipinski definition) is 3. The zero-order valence-electron chi connectivity index (χ0n) is 14.8. The molecular weight excluding hydrogens is 353 g/mol. The minimum absolute atomic E-state index is 0.335. The van der Waals surface area contributed by atoms with E-state index in [1.165, 1.54) is 23.4 Å². The molecule has 1 aromatic carbocycles. The van der Waals surface area contributed by atoms with E-state index in [0.717, 1.165) is 37.0 Å². The van der Waals surface area contributed by atoms with E-state index in [2.05, 4.69) is 15.4 Å². The van der Waals surface area contributed by atoms with Gasteiger partial charge < -0.3 is 5.32 Å². The second-order valence-electron chi connectivity index (χ2n) is 6.73. The van der Waals surface area contributed by atoms with E-state index in [1.54, 1.807) is 12.3 Å². The fourth-order valence-corrected chi connectivity index (χ4v) is 3.49. The van der Waals surface area contributed by atoms with Crippen LogP contribution in [0.3, 0.4) is 0 Å². The van der Waals surface area contributed by atoms with Crippen LogP contribution in [0.5, 0.6) is 0 Å². The number of aryl methyl sites for hydroxylation is 1. The molecule has 0 saturated heterocycles. The highest BCUT2D eigenvalue weighted by Gasteiger charge is 2.30. The van der Waals surface area contributed by atoms with Crippen molar-refractivity contribution in [1.29, 1.82) is 0 Å². The van der Waals surface area contributed by atoms with Crippen molar-refractivity contribution >= 4 is 0 Å². The lowest BCUT2D eigenvalue weighted by atomic mass is 10.1. The van der Waals surface area contributed by atoms with Gasteiger partial charge in [-0.15, -0.1) is 0 Å². The Bertz CT molecular complexity index is 976. The first kappa shape index (κ1) is 17.7. The van der Waals surface area contributed by atoms with Crippen LogP contribution in [0.25, 0.3) is 5.69 Å². The number of nitrogens with one attached hydrogen (secondary N) is 1. The summed E-state index contributed by atoms with van der Waals surface area (Å²) in [7, 11) is 0. The normalized spacial score (nSPS) is 14.2. The molecule has 2 aromatic heterocycles. The van der Waals surface area contributed by atoms with Crippen molar-refractivity contribution in [2.75, 3.05) is 6.54 Å². The Labute approximate surface area is 155 Å². The van der Waals surface area contributed by atoms with Crippen LogP contribution in [0, 0.1) is 6.92 Å². The minimum Gasteiger partial charge on any atom is -0.312 e. The molecule has 27 heavy (non-hydrogen) atoms. The zero-order valence-corrected chi connectivity index (χ0v) is 14.8. The van der Waals surface area contributed by atoms with E-state index in [9.17, 15) is 13.2 Å². The number of hydrogen-bond donors (Lipinski definition) is 1. The van der Waals surface area contributed by atoms with Crippen molar-refractivity contribution < 1.29 is 13.2 Å². The van der Waals surface area contributed by atoms with Crippen molar-refractivity contribution in [3.8, 4) is 5.69 Å². The van der Waals surface area contributed by atoms with Gasteiger partial charge in [0.1, 0.15) is 0 Å². The zero-order chi connectivity index (χ0) is 19.0. The molecule has 0 radical (unpaired) electrons. The van der Waals surface area contributed by atoms with Gasteiger partial charge >= 0.3 is 6.18 Å². The van der Waals surface area contributed by atoms with Crippen molar-refractivity contribution in [3.63, 3.8) is 0 Å². The second kappa shape index (κ2) is 6.81. The Balaban J connectivity index is 1.65. The van der Waals surface area contributed by atoms with Crippen LogP contribution in [-0.4, -0.2) is 21.3 Å². The third-order valence-corrected chi connectivity index (χ3v) is 4.82. The van der Waals surface area contributed by atoms with E-state index in [-0.39, 0.29) is 0 Å². The van der Waals surface area contributed by atoms with Crippen LogP contribution in [0.1, 0.15) is 33.8 Å². The smallest absolute Gasteiger partial charge is 0.312 e. The molecule has 0 spiro atoms. The Kier molecular flexibility index (Phi) is 4.47. The van der Waals surface area contributed by atoms with Crippen LogP contribution in [0.2, 0.25) is 0 Å². The molecule has 0 fully saturated rings. The van der Waals surface area contributed by atoms with Gasteiger partial charge in [0.2, 0.25) is 0 Å². The molecule has 4 rings (SSSR count). The number of fused-ring (bicyclic) bond motifs is 1. The number of nitrogens with zero attached hydrogens (tertiary/aromatic N) is 3. The lowest BCUT2D eigenvalue weighted by Gasteiger charge is -2.15. The Morgan fingerprint density at radius 3 is 2.85 bits per heavy atom. The van der Waals surface area contributed by atoms with Crippen molar-refractivity contribution in [2.24, 2.45) is 0 Å². The summed E-state index contributed by atoms with van der Waals surface area (Å²) in [5, 5.41) is 8.01. The van der Waals surface area contributed by atoms with Crippen molar-refractivity contribution in [1.82, 2.24) is 20.1 Å². The maximum atomic E-state index is 12.9. The van der Waals surface area contributed by atoms with Crippen LogP contribution in [0.15, 0.2) is 42.6 Å². The first-order chi connectivity index (χ1) is 12.9. The minimum atomic E-state index is -4.34. The topological polar surface area (TPSA) is 42.7 Å². The van der Waals surface area contributed by atoms with E-state index in [1.807, 2.05) is 23.7 Å². The predicted molar refractivity (Wildman–Crippen MR) is 95.8 cm³/mol. The molecule has 0 saturated carbocycles. The molecular formula is C20H19F3N4. The number of pyridine rings is 1. The number of rotatable bonds is 3. The highest BCUT2D eigenvalue weighted by atomic mass is 19.4. The maximum Gasteiger partial charge on any atom is 0.416 e. The van der Waals surface area contributed by atoms with Gasteiger partial charge in [0.25, 0.3) is 0 Å². The second-order valence-corrected chi connectivity index (χ2v) is 6.73. The fourth-order valence-electron chi connectivity index (χ4n) is 3.49. The van der Waals surface area contributed by atoms with Crippen molar-refractivity contribution in [3.05, 3.63) is 76.4 Å². The molecule has 0 unspecified atom stereocenters. The number of aromatic nitrogens is 3. The van der Waals surface area contributed by atoms with Crippen LogP contribution >= 0.6 is 0 Å². The molecule has 0 aliphatic carbocycles. The summed E-state index contributed by atoms with van der Waals surface area (Å²) in [5.41, 5.74) is 4.94. The van der Waals surface area contributed by atoms with Gasteiger partial charge in [0, 0.05) is 43.4 Å². The van der Waals surface area contributed by atoms with Gasteiger partial charge in [-0.1, -0.05) is 18.2 Å². The van der Waals surface area contributed by atoms with Crippen LogP contribution in [0.4, 0.5) is 13.2 Å². The molecule has 1 N–H and O–H groups in total. The largest absolute Gasteiger partial charge is 0.416 e. The summed E-state index contributed by atoms with van der Waals surface area (Å²) in [6.45, 7) is 3.71. The quantitative estimate of drug-likeness (QED) is 0.760. The standard InChI is InChI=1S/C20H19F3N4/c1-13-18-12-24-7-6-19(18)27(26-13)17-5-8-25-16(11-17)10-14-3-2-4-15(9-14)20(21,22)23/h2-5,8-9,11,24H,6-7,10,12H2,1H3. The predicted octanol–water partition coefficient (Wildman–Crippen LogP) is 3.83. The molecule has 0 bridgehead atoms. The van der Waals surface area contributed by atoms with Crippen LogP contribution < -0.4 is 5.32 Å². The summed E-state index contributed by atoms with van der Waals surface area (Å²) in [6.07, 6.45) is -1.43. The van der Waals surface area contributed by atoms with E-state index < -0.39 is 11.7 Å². The van der Waals surface area contributed by atoms with Gasteiger partial charge in [-0.3, -0.25) is 4.98 Å². The van der Waals surface area contributed by atoms with Gasteiger partial charge in [-0.25, -0.2) is 4.68 Å². The lowest BCUT2D eigenvalue weighted by molar-refractivity contribution is -0.137. The van der Waals surface area contributed by atoms with Crippen LogP contribution in [-0.2, 0) is 25.6 Å². The molecule has 3 aromatic rings. The molecule has 0 amide bonds. The average molecular weight is 372 g/mol. The average Bonchev–Trinajstić information content (AvgIpc) is 2.99. The Hall–Kier alpha value is -2.67. The van der Waals surface area contributed by atoms with E-state index in [4.69, 9.17) is 0 Å². The summed E-state index contributed by atoms with van der Waals surface area (Å²) in [5.74, 6) is 0. The first-order valence-corrected chi connectivity index (χ1v) is 8.81. The third-order valence-electron chi connectivity index (χ3n) is 4.82. The Morgan fingerprint density at radius 1 is 1.19 bits per heavy atom. The molecule has 1 aliphatic rings. The number of alkyl halides is 3. The molecule has 0 atom stereocenters. The van der Waals surface area contributed by atoms with E-state index in [0.29, 0.717) is 17.7 Å². The van der Waals surface area contributed by atoms with Gasteiger partial charge in [-0.2, -0.15) is 18.3 Å². The number of halogens is 3. The highest BCUT2D eigenvalue weighted by molar-refractivity contribution is 5.40. The van der Waals surface area contributed by atoms with Gasteiger partial charge in [0.15, 0.2) is 0 Å². The fraction of sp³-hybridized carbons (Fsp3) is 0.300. The molecule has 7 heteroatoms. The van der Waals surface area contributed by atoms with Gasteiger partial charge in [0.05, 0.1) is 22.6 Å². The Morgan fingerprint density at radius 2 is 2.04 bits per heavy atom. The van der Waals surface area contributed by atoms with Crippen molar-refractivity contribution in [2.45, 2.75) is 32.5 Å². The molecule has 140 valence electrons. The maximum absolute atomic E-state index is 12.9. The molecule has 3 heterocycles. The summed E-state index contributed by atoms with van der Waals surface area (Å²) in [4.78, 5) is 4.34. The number of benzene rings is 1. The monoisotopic (exact) mass is 372 g/mol. The summed E-state index contributed by atoms with van der Waals surface area (Å²) in [6, 6.07) is 9.16. The van der Waals surface area contributed by atoms with E-state index >= 15 is 0 Å². The molecule has 1 aliphatic heterocycles. The summed E-state index contributed by atoms with van der Waals surface area (Å²) < 4.78 is 40.7. The summed E-state index contributed by atoms with van der Waals surface area (Å²) >= 11 is 0. The highest BCUT2D eigenvalue weighted by Crippen LogP contribution is 2.30. The lowest BCUT2D eigenvalue weighted by Crippen LogP contribution is -2.24. The van der Waals surface area contributed by atoms with Gasteiger partial charge in [-0.05, 0) is 30.7 Å². The first-order valence-electron chi connectivity index (χ1n) is 8.81. The third kappa shape index (κ3) is 3.60.